The van der Waals surface area contributed by atoms with Crippen LogP contribution < -0.4 is 10.1 Å². The number of carbonyl (C=O) groups is 1. The van der Waals surface area contributed by atoms with Gasteiger partial charge < -0.3 is 14.8 Å². The molecule has 0 unspecified atom stereocenters. The Labute approximate surface area is 183 Å². The van der Waals surface area contributed by atoms with Crippen molar-refractivity contribution in [3.8, 4) is 5.75 Å². The monoisotopic (exact) mass is 444 g/mol. The van der Waals surface area contributed by atoms with Gasteiger partial charge in [0, 0.05) is 30.6 Å². The first-order valence-electron chi connectivity index (χ1n) is 10.4. The SMILES string of the molecule is Cc1ccc(S(=O)(=O)N2CCOCC2)cc1C(=O)N[C@@H]1CC(C)(C)Oc2ccccc21. The van der Waals surface area contributed by atoms with Crippen molar-refractivity contribution < 1.29 is 22.7 Å². The molecule has 0 aliphatic carbocycles. The number of benzene rings is 2. The fourth-order valence-corrected chi connectivity index (χ4v) is 5.54. The number of rotatable bonds is 4. The molecule has 2 aliphatic rings. The zero-order valence-electron chi connectivity index (χ0n) is 18.1. The lowest BCUT2D eigenvalue weighted by Gasteiger charge is -2.38. The van der Waals surface area contributed by atoms with Gasteiger partial charge in [0.1, 0.15) is 11.4 Å². The normalized spacial score (nSPS) is 21.1. The predicted octanol–water partition coefficient (Wildman–Crippen LogP) is 3.05. The van der Waals surface area contributed by atoms with Crippen molar-refractivity contribution >= 4 is 15.9 Å². The molecule has 0 radical (unpaired) electrons. The van der Waals surface area contributed by atoms with Gasteiger partial charge in [-0.15, -0.1) is 0 Å². The van der Waals surface area contributed by atoms with Crippen molar-refractivity contribution in [1.82, 2.24) is 9.62 Å². The Morgan fingerprint density at radius 2 is 1.84 bits per heavy atom. The molecule has 2 heterocycles. The highest BCUT2D eigenvalue weighted by Gasteiger charge is 2.35. The summed E-state index contributed by atoms with van der Waals surface area (Å²) in [6.45, 7) is 7.15. The Morgan fingerprint density at radius 3 is 2.58 bits per heavy atom. The van der Waals surface area contributed by atoms with Gasteiger partial charge in [-0.05, 0) is 44.5 Å². The van der Waals surface area contributed by atoms with Crippen LogP contribution in [-0.4, -0.2) is 50.5 Å². The lowest BCUT2D eigenvalue weighted by Crippen LogP contribution is -2.41. The quantitative estimate of drug-likeness (QED) is 0.784. The van der Waals surface area contributed by atoms with E-state index < -0.39 is 15.6 Å². The van der Waals surface area contributed by atoms with Crippen LogP contribution in [0.5, 0.6) is 5.75 Å². The van der Waals surface area contributed by atoms with E-state index in [4.69, 9.17) is 9.47 Å². The molecule has 2 aromatic carbocycles. The van der Waals surface area contributed by atoms with Gasteiger partial charge in [-0.25, -0.2) is 8.42 Å². The second-order valence-corrected chi connectivity index (χ2v) is 10.6. The molecule has 1 fully saturated rings. The van der Waals surface area contributed by atoms with Gasteiger partial charge in [-0.3, -0.25) is 4.79 Å². The average molecular weight is 445 g/mol. The summed E-state index contributed by atoms with van der Waals surface area (Å²) in [5, 5.41) is 3.10. The number of morpholine rings is 1. The van der Waals surface area contributed by atoms with Crippen molar-refractivity contribution in [2.75, 3.05) is 26.3 Å². The zero-order chi connectivity index (χ0) is 22.2. The first kappa shape index (κ1) is 21.8. The van der Waals surface area contributed by atoms with Crippen molar-refractivity contribution in [3.05, 3.63) is 59.2 Å². The first-order valence-corrected chi connectivity index (χ1v) is 11.9. The molecule has 2 aliphatic heterocycles. The maximum atomic E-state index is 13.2. The van der Waals surface area contributed by atoms with Crippen molar-refractivity contribution in [2.24, 2.45) is 0 Å². The molecule has 7 nitrogen and oxygen atoms in total. The van der Waals surface area contributed by atoms with Gasteiger partial charge in [0.15, 0.2) is 0 Å². The molecule has 8 heteroatoms. The lowest BCUT2D eigenvalue weighted by atomic mass is 9.89. The van der Waals surface area contributed by atoms with E-state index >= 15 is 0 Å². The van der Waals surface area contributed by atoms with E-state index in [0.717, 1.165) is 16.9 Å². The van der Waals surface area contributed by atoms with Crippen LogP contribution in [0.3, 0.4) is 0 Å². The van der Waals surface area contributed by atoms with Crippen LogP contribution >= 0.6 is 0 Å². The molecule has 31 heavy (non-hydrogen) atoms. The first-order chi connectivity index (χ1) is 14.7. The predicted molar refractivity (Wildman–Crippen MR) is 117 cm³/mol. The number of nitrogens with zero attached hydrogens (tertiary/aromatic N) is 1. The van der Waals surface area contributed by atoms with Crippen LogP contribution in [-0.2, 0) is 14.8 Å². The van der Waals surface area contributed by atoms with E-state index in [1.165, 1.54) is 10.4 Å². The van der Waals surface area contributed by atoms with Crippen LogP contribution in [0.15, 0.2) is 47.4 Å². The molecule has 0 bridgehead atoms. The minimum atomic E-state index is -3.68. The molecule has 0 aromatic heterocycles. The summed E-state index contributed by atoms with van der Waals surface area (Å²) < 4.78 is 38.8. The summed E-state index contributed by atoms with van der Waals surface area (Å²) in [5.74, 6) is 0.457. The molecule has 1 saturated heterocycles. The van der Waals surface area contributed by atoms with Crippen molar-refractivity contribution in [2.45, 2.75) is 43.7 Å². The number of hydrogen-bond donors (Lipinski definition) is 1. The van der Waals surface area contributed by atoms with Crippen LogP contribution in [0.2, 0.25) is 0 Å². The molecular weight excluding hydrogens is 416 g/mol. The third-order valence-corrected chi connectivity index (χ3v) is 7.64. The Balaban J connectivity index is 1.62. The highest BCUT2D eigenvalue weighted by Crippen LogP contribution is 2.39. The van der Waals surface area contributed by atoms with Crippen molar-refractivity contribution in [3.63, 3.8) is 0 Å². The van der Waals surface area contributed by atoms with Gasteiger partial charge >= 0.3 is 0 Å². The Bertz CT molecular complexity index is 1090. The third kappa shape index (κ3) is 4.46. The van der Waals surface area contributed by atoms with Crippen LogP contribution in [0.4, 0.5) is 0 Å². The Kier molecular flexibility index (Phi) is 5.81. The number of sulfonamides is 1. The summed E-state index contributed by atoms with van der Waals surface area (Å²) >= 11 is 0. The fourth-order valence-electron chi connectivity index (χ4n) is 4.11. The van der Waals surface area contributed by atoms with Crippen LogP contribution in [0.1, 0.15) is 47.8 Å². The minimum absolute atomic E-state index is 0.123. The third-order valence-electron chi connectivity index (χ3n) is 5.74. The van der Waals surface area contributed by atoms with Crippen LogP contribution in [0.25, 0.3) is 0 Å². The molecule has 2 aromatic rings. The number of nitrogens with one attached hydrogen (secondary N) is 1. The molecule has 0 spiro atoms. The van der Waals surface area contributed by atoms with Gasteiger partial charge in [-0.1, -0.05) is 24.3 Å². The molecule has 0 saturated carbocycles. The second-order valence-electron chi connectivity index (χ2n) is 8.62. The van der Waals surface area contributed by atoms with E-state index in [1.54, 1.807) is 12.1 Å². The fraction of sp³-hybridized carbons (Fsp3) is 0.435. The highest BCUT2D eigenvalue weighted by atomic mass is 32.2. The topological polar surface area (TPSA) is 84.9 Å². The Hall–Kier alpha value is -2.42. The number of fused-ring (bicyclic) bond motifs is 1. The maximum absolute atomic E-state index is 13.2. The number of hydrogen-bond acceptors (Lipinski definition) is 5. The van der Waals surface area contributed by atoms with Gasteiger partial charge in [0.2, 0.25) is 10.0 Å². The summed E-state index contributed by atoms with van der Waals surface area (Å²) in [4.78, 5) is 13.4. The summed E-state index contributed by atoms with van der Waals surface area (Å²) in [5.41, 5.74) is 1.57. The molecule has 1 amide bonds. The van der Waals surface area contributed by atoms with Gasteiger partial charge in [0.25, 0.3) is 5.91 Å². The van der Waals surface area contributed by atoms with E-state index in [1.807, 2.05) is 45.0 Å². The number of aryl methyl sites for hydroxylation is 1. The smallest absolute Gasteiger partial charge is 0.252 e. The lowest BCUT2D eigenvalue weighted by molar-refractivity contribution is 0.0619. The number of amides is 1. The highest BCUT2D eigenvalue weighted by molar-refractivity contribution is 7.89. The van der Waals surface area contributed by atoms with Crippen LogP contribution in [0, 0.1) is 6.92 Å². The molecule has 166 valence electrons. The average Bonchev–Trinajstić information content (AvgIpc) is 2.73. The summed E-state index contributed by atoms with van der Waals surface area (Å²) in [6.07, 6.45) is 0.612. The second kappa shape index (κ2) is 8.26. The molecule has 1 N–H and O–H groups in total. The van der Waals surface area contributed by atoms with E-state index in [2.05, 4.69) is 5.32 Å². The molecule has 1 atom stereocenters. The number of ether oxygens (including phenoxy) is 2. The minimum Gasteiger partial charge on any atom is -0.487 e. The summed E-state index contributed by atoms with van der Waals surface area (Å²) in [7, 11) is -3.68. The van der Waals surface area contributed by atoms with Crippen molar-refractivity contribution in [1.29, 1.82) is 0 Å². The van der Waals surface area contributed by atoms with Gasteiger partial charge in [0.05, 0.1) is 24.2 Å². The summed E-state index contributed by atoms with van der Waals surface area (Å²) in [6, 6.07) is 12.2. The number of para-hydroxylation sites is 1. The standard InChI is InChI=1S/C23H28N2O5S/c1-16-8-9-17(31(27,28)25-10-12-29-13-11-25)14-19(16)22(26)24-20-15-23(2,3)30-21-7-5-4-6-18(20)21/h4-9,14,20H,10-13,15H2,1-3H3,(H,24,26)/t20-/m1/s1. The molecular formula is C23H28N2O5S. The van der Waals surface area contributed by atoms with E-state index in [0.29, 0.717) is 38.3 Å². The van der Waals surface area contributed by atoms with Gasteiger partial charge in [-0.2, -0.15) is 4.31 Å². The van der Waals surface area contributed by atoms with E-state index in [-0.39, 0.29) is 16.8 Å². The van der Waals surface area contributed by atoms with E-state index in [9.17, 15) is 13.2 Å². The Morgan fingerprint density at radius 1 is 1.13 bits per heavy atom. The number of carbonyl (C=O) groups excluding carboxylic acids is 1. The zero-order valence-corrected chi connectivity index (χ0v) is 18.9. The largest absolute Gasteiger partial charge is 0.487 e. The molecule has 4 rings (SSSR count). The maximum Gasteiger partial charge on any atom is 0.252 e.